The molecule has 4 rings (SSSR count). The van der Waals surface area contributed by atoms with E-state index in [1.807, 2.05) is 43.5 Å². The predicted octanol–water partition coefficient (Wildman–Crippen LogP) is 2.63. The van der Waals surface area contributed by atoms with Crippen LogP contribution in [0.4, 0.5) is 17.6 Å². The molecule has 31 heavy (non-hydrogen) atoms. The van der Waals surface area contributed by atoms with E-state index in [1.54, 1.807) is 4.40 Å². The molecule has 3 aromatic heterocycles. The Kier molecular flexibility index (Phi) is 6.52. The lowest BCUT2D eigenvalue weighted by Gasteiger charge is -2.09. The van der Waals surface area contributed by atoms with E-state index in [-0.39, 0.29) is 11.7 Å². The van der Waals surface area contributed by atoms with Gasteiger partial charge in [-0.2, -0.15) is 9.97 Å². The summed E-state index contributed by atoms with van der Waals surface area (Å²) in [7, 11) is 0. The molecule has 0 aliphatic rings. The fourth-order valence-electron chi connectivity index (χ4n) is 2.74. The van der Waals surface area contributed by atoms with Crippen molar-refractivity contribution < 1.29 is 4.79 Å². The summed E-state index contributed by atoms with van der Waals surface area (Å²) in [5.74, 6) is 1.48. The molecule has 0 fully saturated rings. The first-order chi connectivity index (χ1) is 15.2. The number of hydrogen-bond acceptors (Lipinski definition) is 11. The number of fused-ring (bicyclic) bond motifs is 1. The fourth-order valence-corrected chi connectivity index (χ4v) is 3.93. The lowest BCUT2D eigenvalue weighted by Crippen LogP contribution is -2.15. The third-order valence-electron chi connectivity index (χ3n) is 4.07. The number of anilines is 3. The van der Waals surface area contributed by atoms with Gasteiger partial charge in [-0.15, -0.1) is 15.3 Å². The Morgan fingerprint density at radius 1 is 1.06 bits per heavy atom. The summed E-state index contributed by atoms with van der Waals surface area (Å²) in [4.78, 5) is 21.3. The molecule has 4 aromatic rings. The van der Waals surface area contributed by atoms with Crippen molar-refractivity contribution in [3.8, 4) is 11.3 Å². The number of rotatable bonds is 9. The molecule has 0 unspecified atom stereocenters. The maximum atomic E-state index is 12.4. The Balaban J connectivity index is 1.43. The first-order valence-corrected chi connectivity index (χ1v) is 11.4. The van der Waals surface area contributed by atoms with Crippen molar-refractivity contribution in [2.45, 2.75) is 19.0 Å². The average Bonchev–Trinajstić information content (AvgIpc) is 3.44. The van der Waals surface area contributed by atoms with Crippen LogP contribution in [0.2, 0.25) is 0 Å². The first-order valence-electron chi connectivity index (χ1n) is 9.59. The number of nitrogens with zero attached hydrogens (tertiary/aromatic N) is 7. The zero-order chi connectivity index (χ0) is 21.6. The number of nitrogens with one attached hydrogen (secondary N) is 3. The Morgan fingerprint density at radius 2 is 1.87 bits per heavy atom. The quantitative estimate of drug-likeness (QED) is 0.323. The molecule has 0 aliphatic carbocycles. The van der Waals surface area contributed by atoms with Crippen LogP contribution in [0.3, 0.4) is 0 Å². The van der Waals surface area contributed by atoms with Crippen LogP contribution >= 0.6 is 23.3 Å². The molecule has 1 amide bonds. The van der Waals surface area contributed by atoms with Gasteiger partial charge in [0.05, 0.1) is 5.75 Å². The molecule has 0 atom stereocenters. The molecule has 3 N–H and O–H groups in total. The molecule has 13 heteroatoms. The molecule has 1 aromatic carbocycles. The van der Waals surface area contributed by atoms with Gasteiger partial charge in [-0.1, -0.05) is 28.4 Å². The topological polar surface area (TPSA) is 135 Å². The van der Waals surface area contributed by atoms with Crippen molar-refractivity contribution in [2.75, 3.05) is 34.8 Å². The van der Waals surface area contributed by atoms with Gasteiger partial charge in [0.15, 0.2) is 5.16 Å². The minimum atomic E-state index is -0.153. The molecular formula is C18H20N10OS2. The van der Waals surface area contributed by atoms with Crippen LogP contribution < -0.4 is 16.0 Å². The van der Waals surface area contributed by atoms with Crippen LogP contribution in [0.5, 0.6) is 0 Å². The third-order valence-corrected chi connectivity index (χ3v) is 5.51. The minimum absolute atomic E-state index is 0.153. The maximum absolute atomic E-state index is 12.4. The van der Waals surface area contributed by atoms with Crippen molar-refractivity contribution in [2.24, 2.45) is 0 Å². The molecule has 11 nitrogen and oxygen atoms in total. The second-order valence-electron chi connectivity index (χ2n) is 6.25. The smallest absolute Gasteiger partial charge is 0.261 e. The lowest BCUT2D eigenvalue weighted by molar-refractivity contribution is -0.113. The highest BCUT2D eigenvalue weighted by atomic mass is 32.2. The Bertz CT molecular complexity index is 1160. The maximum Gasteiger partial charge on any atom is 0.261 e. The summed E-state index contributed by atoms with van der Waals surface area (Å²) in [5, 5.41) is 23.9. The van der Waals surface area contributed by atoms with Crippen molar-refractivity contribution >= 4 is 52.6 Å². The Hall–Kier alpha value is -3.32. The van der Waals surface area contributed by atoms with E-state index >= 15 is 0 Å². The second kappa shape index (κ2) is 9.66. The highest BCUT2D eigenvalue weighted by Gasteiger charge is 2.16. The molecule has 0 aliphatic heterocycles. The SMILES string of the molecule is CCNc1nc(NCC)n2c(SCC(=O)Nc3ccc(-c4csnn4)cc3)nnc2n1. The van der Waals surface area contributed by atoms with Crippen LogP contribution in [0.1, 0.15) is 13.8 Å². The van der Waals surface area contributed by atoms with Gasteiger partial charge in [0, 0.05) is 29.7 Å². The van der Waals surface area contributed by atoms with Gasteiger partial charge in [0.2, 0.25) is 17.8 Å². The summed E-state index contributed by atoms with van der Waals surface area (Å²) in [6.45, 7) is 5.31. The predicted molar refractivity (Wildman–Crippen MR) is 122 cm³/mol. The average molecular weight is 457 g/mol. The summed E-state index contributed by atoms with van der Waals surface area (Å²) in [6.07, 6.45) is 0. The fraction of sp³-hybridized carbons (Fsp3) is 0.278. The van der Waals surface area contributed by atoms with Crippen molar-refractivity contribution in [3.05, 3.63) is 29.6 Å². The summed E-state index contributed by atoms with van der Waals surface area (Å²) in [5.41, 5.74) is 2.47. The number of aromatic nitrogens is 7. The molecular weight excluding hydrogens is 436 g/mol. The monoisotopic (exact) mass is 456 g/mol. The second-order valence-corrected chi connectivity index (χ2v) is 7.81. The third kappa shape index (κ3) is 4.88. The largest absolute Gasteiger partial charge is 0.355 e. The van der Waals surface area contributed by atoms with Crippen molar-refractivity contribution in [1.82, 2.24) is 34.2 Å². The van der Waals surface area contributed by atoms with E-state index in [0.29, 0.717) is 41.6 Å². The normalized spacial score (nSPS) is 10.9. The molecule has 0 radical (unpaired) electrons. The Labute approximate surface area is 186 Å². The van der Waals surface area contributed by atoms with E-state index in [0.717, 1.165) is 11.3 Å². The van der Waals surface area contributed by atoms with Gasteiger partial charge in [-0.25, -0.2) is 4.40 Å². The van der Waals surface area contributed by atoms with Crippen LogP contribution in [-0.4, -0.2) is 58.9 Å². The first kappa shape index (κ1) is 20.9. The number of hydrogen-bond donors (Lipinski definition) is 3. The molecule has 0 saturated carbocycles. The van der Waals surface area contributed by atoms with Gasteiger partial charge < -0.3 is 16.0 Å². The standard InChI is InChI=1S/C18H20N10OS2/c1-3-19-15-22-16(20-4-2)28-17(23-15)25-26-18(28)30-10-14(29)21-12-7-5-11(6-8-12)13-9-31-27-24-13/h5-9H,3-4,10H2,1-2H3,(H,21,29)(H2,19,20,22,23,25). The van der Waals surface area contributed by atoms with E-state index < -0.39 is 0 Å². The minimum Gasteiger partial charge on any atom is -0.355 e. The molecule has 160 valence electrons. The summed E-state index contributed by atoms with van der Waals surface area (Å²) in [6, 6.07) is 7.47. The van der Waals surface area contributed by atoms with Gasteiger partial charge in [-0.05, 0) is 37.5 Å². The van der Waals surface area contributed by atoms with E-state index in [2.05, 4.69) is 45.7 Å². The van der Waals surface area contributed by atoms with Gasteiger partial charge in [-0.3, -0.25) is 4.79 Å². The molecule has 0 spiro atoms. The van der Waals surface area contributed by atoms with Gasteiger partial charge in [0.25, 0.3) is 5.78 Å². The number of benzene rings is 1. The van der Waals surface area contributed by atoms with Crippen molar-refractivity contribution in [3.63, 3.8) is 0 Å². The lowest BCUT2D eigenvalue weighted by atomic mass is 10.1. The molecule has 0 saturated heterocycles. The van der Waals surface area contributed by atoms with Gasteiger partial charge in [0.1, 0.15) is 5.69 Å². The molecule has 0 bridgehead atoms. The number of carbonyl (C=O) groups excluding carboxylic acids is 1. The summed E-state index contributed by atoms with van der Waals surface area (Å²) >= 11 is 2.56. The van der Waals surface area contributed by atoms with E-state index in [1.165, 1.54) is 23.3 Å². The van der Waals surface area contributed by atoms with E-state index in [4.69, 9.17) is 0 Å². The Morgan fingerprint density at radius 3 is 2.58 bits per heavy atom. The number of thioether (sulfide) groups is 1. The highest BCUT2D eigenvalue weighted by Crippen LogP contribution is 2.22. The highest BCUT2D eigenvalue weighted by molar-refractivity contribution is 7.99. The zero-order valence-corrected chi connectivity index (χ0v) is 18.5. The van der Waals surface area contributed by atoms with Crippen LogP contribution in [0, 0.1) is 0 Å². The van der Waals surface area contributed by atoms with Crippen molar-refractivity contribution in [1.29, 1.82) is 0 Å². The summed E-state index contributed by atoms with van der Waals surface area (Å²) < 4.78 is 5.57. The number of carbonyl (C=O) groups is 1. The van der Waals surface area contributed by atoms with Gasteiger partial charge >= 0.3 is 0 Å². The molecule has 3 heterocycles. The zero-order valence-electron chi connectivity index (χ0n) is 16.9. The van der Waals surface area contributed by atoms with E-state index in [9.17, 15) is 4.79 Å². The number of amides is 1. The van der Waals surface area contributed by atoms with Crippen LogP contribution in [-0.2, 0) is 4.79 Å². The van der Waals surface area contributed by atoms with Crippen LogP contribution in [0.25, 0.3) is 17.0 Å². The van der Waals surface area contributed by atoms with Crippen LogP contribution in [0.15, 0.2) is 34.8 Å².